The van der Waals surface area contributed by atoms with Gasteiger partial charge in [0.2, 0.25) is 5.91 Å². The molecule has 3 nitrogen and oxygen atoms in total. The molecular formula is C16H18N2O. The quantitative estimate of drug-likeness (QED) is 0.861. The van der Waals surface area contributed by atoms with Crippen LogP contribution in [0.5, 0.6) is 0 Å². The molecule has 2 aromatic carbocycles. The molecule has 0 aliphatic heterocycles. The zero-order valence-electron chi connectivity index (χ0n) is 11.0. The summed E-state index contributed by atoms with van der Waals surface area (Å²) in [4.78, 5) is 11.3. The number of amides is 1. The second-order valence-corrected chi connectivity index (χ2v) is 4.53. The summed E-state index contributed by atoms with van der Waals surface area (Å²) < 4.78 is 0. The maximum atomic E-state index is 11.3. The first-order valence-electron chi connectivity index (χ1n) is 6.34. The Morgan fingerprint density at radius 2 is 1.74 bits per heavy atom. The van der Waals surface area contributed by atoms with Gasteiger partial charge in [-0.1, -0.05) is 48.5 Å². The minimum Gasteiger partial charge on any atom is -0.366 e. The third-order valence-corrected chi connectivity index (χ3v) is 3.18. The second kappa shape index (κ2) is 6.16. The van der Waals surface area contributed by atoms with E-state index in [1.807, 2.05) is 36.4 Å². The highest BCUT2D eigenvalue weighted by atomic mass is 16.1. The average Bonchev–Trinajstić information content (AvgIpc) is 2.46. The van der Waals surface area contributed by atoms with E-state index in [-0.39, 0.29) is 11.9 Å². The predicted molar refractivity (Wildman–Crippen MR) is 76.7 cm³/mol. The van der Waals surface area contributed by atoms with Crippen molar-refractivity contribution in [3.8, 4) is 0 Å². The topological polar surface area (TPSA) is 55.1 Å². The van der Waals surface area contributed by atoms with Crippen molar-refractivity contribution in [1.82, 2.24) is 5.32 Å². The van der Waals surface area contributed by atoms with E-state index in [0.717, 1.165) is 5.56 Å². The Morgan fingerprint density at radius 1 is 1.11 bits per heavy atom. The molecule has 0 aliphatic carbocycles. The molecule has 0 bridgehead atoms. The van der Waals surface area contributed by atoms with Crippen molar-refractivity contribution in [2.45, 2.75) is 19.5 Å². The van der Waals surface area contributed by atoms with E-state index in [2.05, 4.69) is 24.4 Å². The van der Waals surface area contributed by atoms with Crippen LogP contribution in [0.1, 0.15) is 34.5 Å². The molecule has 3 N–H and O–H groups in total. The zero-order valence-corrected chi connectivity index (χ0v) is 11.0. The van der Waals surface area contributed by atoms with Crippen molar-refractivity contribution in [2.24, 2.45) is 5.73 Å². The van der Waals surface area contributed by atoms with E-state index in [4.69, 9.17) is 5.73 Å². The summed E-state index contributed by atoms with van der Waals surface area (Å²) in [6.07, 6.45) is 0. The van der Waals surface area contributed by atoms with Crippen LogP contribution in [-0.4, -0.2) is 5.91 Å². The van der Waals surface area contributed by atoms with Crippen LogP contribution in [0.3, 0.4) is 0 Å². The molecule has 0 aromatic heterocycles. The summed E-state index contributed by atoms with van der Waals surface area (Å²) in [6, 6.07) is 17.8. The van der Waals surface area contributed by atoms with Gasteiger partial charge in [-0.3, -0.25) is 4.79 Å². The number of carbonyl (C=O) groups is 1. The molecular weight excluding hydrogens is 236 g/mol. The average molecular weight is 254 g/mol. The fourth-order valence-corrected chi connectivity index (χ4v) is 2.04. The number of nitrogens with two attached hydrogens (primary N) is 1. The number of benzene rings is 2. The predicted octanol–water partition coefficient (Wildman–Crippen LogP) is 2.64. The molecule has 1 amide bonds. The minimum absolute atomic E-state index is 0.224. The highest BCUT2D eigenvalue weighted by molar-refractivity contribution is 5.94. The van der Waals surface area contributed by atoms with Crippen molar-refractivity contribution >= 4 is 5.91 Å². The Bertz CT molecular complexity index is 552. The van der Waals surface area contributed by atoms with Gasteiger partial charge in [0.15, 0.2) is 0 Å². The summed E-state index contributed by atoms with van der Waals surface area (Å²) in [6.45, 7) is 2.72. The van der Waals surface area contributed by atoms with Gasteiger partial charge in [0, 0.05) is 18.2 Å². The lowest BCUT2D eigenvalue weighted by Crippen LogP contribution is -2.21. The van der Waals surface area contributed by atoms with Crippen molar-refractivity contribution < 1.29 is 4.79 Å². The van der Waals surface area contributed by atoms with Crippen LogP contribution in [0.15, 0.2) is 54.6 Å². The molecule has 3 heteroatoms. The number of hydrogen-bond donors (Lipinski definition) is 2. The number of carbonyl (C=O) groups excluding carboxylic acids is 1. The molecule has 0 spiro atoms. The molecule has 0 heterocycles. The van der Waals surface area contributed by atoms with Crippen LogP contribution in [-0.2, 0) is 6.54 Å². The Labute approximate surface area is 113 Å². The van der Waals surface area contributed by atoms with Crippen LogP contribution in [0, 0.1) is 0 Å². The van der Waals surface area contributed by atoms with E-state index in [0.29, 0.717) is 12.1 Å². The number of hydrogen-bond acceptors (Lipinski definition) is 2. The van der Waals surface area contributed by atoms with E-state index in [1.54, 1.807) is 6.07 Å². The first-order valence-corrected chi connectivity index (χ1v) is 6.34. The van der Waals surface area contributed by atoms with Crippen LogP contribution in [0.2, 0.25) is 0 Å². The lowest BCUT2D eigenvalue weighted by atomic mass is 10.1. The first kappa shape index (κ1) is 13.3. The highest BCUT2D eigenvalue weighted by Crippen LogP contribution is 2.14. The largest absolute Gasteiger partial charge is 0.366 e. The van der Waals surface area contributed by atoms with Gasteiger partial charge in [-0.25, -0.2) is 0 Å². The Balaban J connectivity index is 2.05. The molecule has 0 aliphatic rings. The standard InChI is InChI=1S/C16H18N2O/c1-12(13-7-3-2-4-8-13)18-11-14-9-5-6-10-15(14)16(17)19/h2-10,12,18H,11H2,1H3,(H2,17,19)/t12-/m0/s1. The van der Waals surface area contributed by atoms with E-state index in [9.17, 15) is 4.79 Å². The molecule has 1 atom stereocenters. The van der Waals surface area contributed by atoms with Gasteiger partial charge in [0.25, 0.3) is 0 Å². The van der Waals surface area contributed by atoms with Gasteiger partial charge in [-0.05, 0) is 24.1 Å². The molecule has 0 saturated heterocycles. The third kappa shape index (κ3) is 3.42. The maximum Gasteiger partial charge on any atom is 0.249 e. The monoisotopic (exact) mass is 254 g/mol. The Kier molecular flexibility index (Phi) is 4.31. The second-order valence-electron chi connectivity index (χ2n) is 4.53. The van der Waals surface area contributed by atoms with Crippen LogP contribution < -0.4 is 11.1 Å². The van der Waals surface area contributed by atoms with Gasteiger partial charge in [-0.15, -0.1) is 0 Å². The smallest absolute Gasteiger partial charge is 0.249 e. The first-order chi connectivity index (χ1) is 9.18. The maximum absolute atomic E-state index is 11.3. The van der Waals surface area contributed by atoms with Gasteiger partial charge in [0.1, 0.15) is 0 Å². The lowest BCUT2D eigenvalue weighted by molar-refractivity contribution is 0.0999. The number of nitrogens with one attached hydrogen (secondary N) is 1. The molecule has 98 valence electrons. The fraction of sp³-hybridized carbons (Fsp3) is 0.188. The summed E-state index contributed by atoms with van der Waals surface area (Å²) in [5.74, 6) is -0.384. The summed E-state index contributed by atoms with van der Waals surface area (Å²) in [7, 11) is 0. The number of primary amides is 1. The van der Waals surface area contributed by atoms with Crippen LogP contribution >= 0.6 is 0 Å². The molecule has 0 radical (unpaired) electrons. The highest BCUT2D eigenvalue weighted by Gasteiger charge is 2.09. The Morgan fingerprint density at radius 3 is 2.42 bits per heavy atom. The normalized spacial score (nSPS) is 12.1. The molecule has 19 heavy (non-hydrogen) atoms. The van der Waals surface area contributed by atoms with Gasteiger partial charge in [0.05, 0.1) is 0 Å². The van der Waals surface area contributed by atoms with Crippen molar-refractivity contribution in [3.63, 3.8) is 0 Å². The number of rotatable bonds is 5. The van der Waals surface area contributed by atoms with Crippen molar-refractivity contribution in [1.29, 1.82) is 0 Å². The molecule has 2 aromatic rings. The summed E-state index contributed by atoms with van der Waals surface area (Å²) in [5, 5.41) is 3.40. The van der Waals surface area contributed by atoms with E-state index < -0.39 is 0 Å². The summed E-state index contributed by atoms with van der Waals surface area (Å²) >= 11 is 0. The fourth-order valence-electron chi connectivity index (χ4n) is 2.04. The van der Waals surface area contributed by atoms with Gasteiger partial charge >= 0.3 is 0 Å². The molecule has 0 unspecified atom stereocenters. The van der Waals surface area contributed by atoms with Gasteiger partial charge in [-0.2, -0.15) is 0 Å². The third-order valence-electron chi connectivity index (χ3n) is 3.18. The van der Waals surface area contributed by atoms with E-state index in [1.165, 1.54) is 5.56 Å². The zero-order chi connectivity index (χ0) is 13.7. The van der Waals surface area contributed by atoms with Crippen LogP contribution in [0.4, 0.5) is 0 Å². The van der Waals surface area contributed by atoms with Crippen molar-refractivity contribution in [2.75, 3.05) is 0 Å². The Hall–Kier alpha value is -2.13. The van der Waals surface area contributed by atoms with Crippen molar-refractivity contribution in [3.05, 3.63) is 71.3 Å². The van der Waals surface area contributed by atoms with Gasteiger partial charge < -0.3 is 11.1 Å². The molecule has 2 rings (SSSR count). The minimum atomic E-state index is -0.384. The van der Waals surface area contributed by atoms with Crippen LogP contribution in [0.25, 0.3) is 0 Å². The SMILES string of the molecule is C[C@H](NCc1ccccc1C(N)=O)c1ccccc1. The van der Waals surface area contributed by atoms with E-state index >= 15 is 0 Å². The molecule has 0 saturated carbocycles. The summed E-state index contributed by atoms with van der Waals surface area (Å²) in [5.41, 5.74) is 8.09. The lowest BCUT2D eigenvalue weighted by Gasteiger charge is -2.15. The molecule has 0 fully saturated rings.